The van der Waals surface area contributed by atoms with Crippen LogP contribution >= 0.6 is 0 Å². The fraction of sp³-hybridized carbons (Fsp3) is 0.250. The summed E-state index contributed by atoms with van der Waals surface area (Å²) in [6.07, 6.45) is 0. The molecule has 0 bridgehead atoms. The average molecular weight is 231 g/mol. The van der Waals surface area contributed by atoms with Gasteiger partial charge in [-0.05, 0) is 12.1 Å². The zero-order valence-electron chi connectivity index (χ0n) is 7.67. The number of hydrogen-bond donors (Lipinski definition) is 1. The van der Waals surface area contributed by atoms with Gasteiger partial charge in [-0.15, -0.1) is 0 Å². The van der Waals surface area contributed by atoms with Crippen molar-refractivity contribution in [1.29, 1.82) is 0 Å². The summed E-state index contributed by atoms with van der Waals surface area (Å²) in [5, 5.41) is 4.72. The van der Waals surface area contributed by atoms with E-state index < -0.39 is 10.3 Å². The Balaban J connectivity index is 2.28. The zero-order chi connectivity index (χ0) is 10.9. The third-order valence-corrected chi connectivity index (χ3v) is 2.15. The lowest BCUT2D eigenvalue weighted by Gasteiger charge is -2.18. The fourth-order valence-corrected chi connectivity index (χ4v) is 1.58. The molecule has 0 fully saturated rings. The van der Waals surface area contributed by atoms with Crippen molar-refractivity contribution in [3.63, 3.8) is 0 Å². The van der Waals surface area contributed by atoms with Gasteiger partial charge in [-0.1, -0.05) is 0 Å². The lowest BCUT2D eigenvalue weighted by molar-refractivity contribution is 0.171. The molecule has 6 nitrogen and oxygen atoms in total. The summed E-state index contributed by atoms with van der Waals surface area (Å²) in [7, 11) is -4.00. The van der Waals surface area contributed by atoms with Gasteiger partial charge in [0.1, 0.15) is 19.0 Å². The van der Waals surface area contributed by atoms with Gasteiger partial charge >= 0.3 is 10.3 Å². The second-order valence-corrected chi connectivity index (χ2v) is 4.03. The maximum Gasteiger partial charge on any atom is 0.380 e. The second-order valence-electron chi connectivity index (χ2n) is 2.88. The number of ether oxygens (including phenoxy) is 2. The van der Waals surface area contributed by atoms with Gasteiger partial charge in [-0.3, -0.25) is 0 Å². The molecule has 1 aromatic carbocycles. The molecule has 15 heavy (non-hydrogen) atoms. The van der Waals surface area contributed by atoms with Crippen LogP contribution in [0.1, 0.15) is 0 Å². The van der Waals surface area contributed by atoms with Crippen molar-refractivity contribution in [3.8, 4) is 17.2 Å². The molecule has 0 unspecified atom stereocenters. The summed E-state index contributed by atoms with van der Waals surface area (Å²) in [4.78, 5) is 0. The summed E-state index contributed by atoms with van der Waals surface area (Å²) in [6.45, 7) is 0.897. The van der Waals surface area contributed by atoms with E-state index in [1.807, 2.05) is 0 Å². The molecule has 0 amide bonds. The van der Waals surface area contributed by atoms with E-state index in [2.05, 4.69) is 4.18 Å². The monoisotopic (exact) mass is 231 g/mol. The van der Waals surface area contributed by atoms with Gasteiger partial charge < -0.3 is 13.7 Å². The molecule has 2 rings (SSSR count). The molecule has 0 radical (unpaired) electrons. The Hall–Kier alpha value is -1.47. The van der Waals surface area contributed by atoms with E-state index in [-0.39, 0.29) is 5.75 Å². The summed E-state index contributed by atoms with van der Waals surface area (Å²) in [5.74, 6) is 1.10. The van der Waals surface area contributed by atoms with Gasteiger partial charge in [-0.2, -0.15) is 13.6 Å². The summed E-state index contributed by atoms with van der Waals surface area (Å²) >= 11 is 0. The van der Waals surface area contributed by atoms with Crippen molar-refractivity contribution in [3.05, 3.63) is 18.2 Å². The summed E-state index contributed by atoms with van der Waals surface area (Å²) < 4.78 is 36.3. The molecule has 0 aromatic heterocycles. The molecule has 82 valence electrons. The van der Waals surface area contributed by atoms with E-state index in [1.165, 1.54) is 12.1 Å². The maximum absolute atomic E-state index is 10.7. The lowest BCUT2D eigenvalue weighted by Crippen LogP contribution is -2.19. The quantitative estimate of drug-likeness (QED) is 0.776. The first kappa shape index (κ1) is 10.1. The first-order valence-corrected chi connectivity index (χ1v) is 5.63. The minimum absolute atomic E-state index is 0.0988. The maximum atomic E-state index is 10.7. The van der Waals surface area contributed by atoms with Crippen LogP contribution in [0.2, 0.25) is 0 Å². The number of fused-ring (bicyclic) bond motifs is 1. The molecule has 0 saturated heterocycles. The van der Waals surface area contributed by atoms with Crippen LogP contribution in [0.3, 0.4) is 0 Å². The van der Waals surface area contributed by atoms with E-state index in [4.69, 9.17) is 14.6 Å². The molecule has 0 saturated carbocycles. The Morgan fingerprint density at radius 2 is 1.87 bits per heavy atom. The number of benzene rings is 1. The Morgan fingerprint density at radius 1 is 1.20 bits per heavy atom. The molecular formula is C8H9NO5S. The van der Waals surface area contributed by atoms with Crippen molar-refractivity contribution < 1.29 is 22.1 Å². The molecule has 1 aliphatic rings. The van der Waals surface area contributed by atoms with Gasteiger partial charge in [0, 0.05) is 6.07 Å². The van der Waals surface area contributed by atoms with Crippen molar-refractivity contribution in [2.45, 2.75) is 0 Å². The summed E-state index contributed by atoms with van der Waals surface area (Å²) in [5.41, 5.74) is 0. The highest BCUT2D eigenvalue weighted by Gasteiger charge is 2.14. The largest absolute Gasteiger partial charge is 0.486 e. The zero-order valence-corrected chi connectivity index (χ0v) is 8.49. The van der Waals surface area contributed by atoms with Crippen molar-refractivity contribution >= 4 is 10.3 Å². The van der Waals surface area contributed by atoms with Gasteiger partial charge in [0.2, 0.25) is 0 Å². The number of rotatable bonds is 2. The highest BCUT2D eigenvalue weighted by Crippen LogP contribution is 2.33. The smallest absolute Gasteiger partial charge is 0.380 e. The van der Waals surface area contributed by atoms with Crippen LogP contribution in [0.15, 0.2) is 18.2 Å². The predicted molar refractivity (Wildman–Crippen MR) is 51.2 cm³/mol. The van der Waals surface area contributed by atoms with E-state index in [1.54, 1.807) is 6.07 Å². The Kier molecular flexibility index (Phi) is 2.41. The van der Waals surface area contributed by atoms with Crippen LogP contribution < -0.4 is 18.8 Å². The topological polar surface area (TPSA) is 87.9 Å². The molecule has 1 heterocycles. The van der Waals surface area contributed by atoms with Gasteiger partial charge in [0.15, 0.2) is 11.5 Å². The lowest BCUT2D eigenvalue weighted by atomic mass is 10.3. The van der Waals surface area contributed by atoms with E-state index in [9.17, 15) is 8.42 Å². The molecule has 0 atom stereocenters. The van der Waals surface area contributed by atoms with Crippen molar-refractivity contribution in [2.24, 2.45) is 5.14 Å². The predicted octanol–water partition coefficient (Wildman–Crippen LogP) is 0.0401. The fourth-order valence-electron chi connectivity index (χ4n) is 1.21. The molecule has 7 heteroatoms. The minimum Gasteiger partial charge on any atom is -0.486 e. The van der Waals surface area contributed by atoms with Crippen LogP contribution in [-0.4, -0.2) is 21.6 Å². The first-order valence-electron chi connectivity index (χ1n) is 4.16. The average Bonchev–Trinajstić information content (AvgIpc) is 2.15. The van der Waals surface area contributed by atoms with Gasteiger partial charge in [0.05, 0.1) is 0 Å². The minimum atomic E-state index is -4.00. The molecule has 1 aromatic rings. The van der Waals surface area contributed by atoms with Crippen LogP contribution in [0.25, 0.3) is 0 Å². The van der Waals surface area contributed by atoms with Crippen LogP contribution in [0.4, 0.5) is 0 Å². The molecule has 2 N–H and O–H groups in total. The second kappa shape index (κ2) is 3.59. The molecular weight excluding hydrogens is 222 g/mol. The third-order valence-electron chi connectivity index (χ3n) is 1.73. The van der Waals surface area contributed by atoms with E-state index >= 15 is 0 Å². The standard InChI is InChI=1S/C8H9NO5S/c9-15(10,11)14-6-1-2-7-8(5-6)13-4-3-12-7/h1-2,5H,3-4H2,(H2,9,10,11). The Bertz CT molecular complexity index is 470. The van der Waals surface area contributed by atoms with Gasteiger partial charge in [0.25, 0.3) is 0 Å². The molecule has 0 spiro atoms. The van der Waals surface area contributed by atoms with Crippen LogP contribution in [-0.2, 0) is 10.3 Å². The molecule has 0 aliphatic carbocycles. The van der Waals surface area contributed by atoms with Crippen molar-refractivity contribution in [2.75, 3.05) is 13.2 Å². The highest BCUT2D eigenvalue weighted by atomic mass is 32.2. The normalized spacial score (nSPS) is 14.7. The van der Waals surface area contributed by atoms with Crippen LogP contribution in [0.5, 0.6) is 17.2 Å². The third kappa shape index (κ3) is 2.51. The number of hydrogen-bond acceptors (Lipinski definition) is 5. The van der Waals surface area contributed by atoms with E-state index in [0.29, 0.717) is 24.7 Å². The Morgan fingerprint density at radius 3 is 2.53 bits per heavy atom. The Labute approximate surface area is 86.8 Å². The number of nitrogens with two attached hydrogens (primary N) is 1. The van der Waals surface area contributed by atoms with E-state index in [0.717, 1.165) is 0 Å². The van der Waals surface area contributed by atoms with Gasteiger partial charge in [-0.25, -0.2) is 0 Å². The molecule has 1 aliphatic heterocycles. The van der Waals surface area contributed by atoms with Crippen molar-refractivity contribution in [1.82, 2.24) is 0 Å². The highest BCUT2D eigenvalue weighted by molar-refractivity contribution is 7.84. The SMILES string of the molecule is NS(=O)(=O)Oc1ccc2c(c1)OCCO2. The van der Waals surface area contributed by atoms with Crippen LogP contribution in [0, 0.1) is 0 Å². The summed E-state index contributed by atoms with van der Waals surface area (Å²) in [6, 6.07) is 4.42. The first-order chi connectivity index (χ1) is 7.04.